The van der Waals surface area contributed by atoms with E-state index in [1.807, 2.05) is 0 Å². The van der Waals surface area contributed by atoms with Crippen LogP contribution in [0.1, 0.15) is 19.3 Å². The van der Waals surface area contributed by atoms with E-state index in [1.165, 1.54) is 24.8 Å². The Bertz CT molecular complexity index is 236. The highest BCUT2D eigenvalue weighted by Gasteiger charge is 2.48. The summed E-state index contributed by atoms with van der Waals surface area (Å²) in [4.78, 5) is 0. The fourth-order valence-corrected chi connectivity index (χ4v) is 3.51. The molecule has 3 aliphatic rings. The van der Waals surface area contributed by atoms with Crippen molar-refractivity contribution in [3.63, 3.8) is 0 Å². The molecule has 0 radical (unpaired) electrons. The van der Waals surface area contributed by atoms with Gasteiger partial charge in [0.2, 0.25) is 0 Å². The van der Waals surface area contributed by atoms with Crippen LogP contribution in [-0.4, -0.2) is 0 Å². The Morgan fingerprint density at radius 1 is 1.27 bits per heavy atom. The topological polar surface area (TPSA) is 0 Å². The number of rotatable bonds is 0. The van der Waals surface area contributed by atoms with Gasteiger partial charge in [-0.1, -0.05) is 24.3 Å². The standard InChI is InChI=1S/C11H14/c1-7-2-5-10-8-3-4-9(6-8)11(7)10/h2,5,8-11H,1,3-4,6H2. The minimum absolute atomic E-state index is 0.869. The molecule has 4 unspecified atom stereocenters. The van der Waals surface area contributed by atoms with Crippen molar-refractivity contribution in [3.8, 4) is 0 Å². The largest absolute Gasteiger partial charge is 0.0955 e. The van der Waals surface area contributed by atoms with Crippen LogP contribution >= 0.6 is 0 Å². The Labute approximate surface area is 68.0 Å². The molecule has 0 spiro atoms. The first-order chi connectivity index (χ1) is 5.36. The minimum Gasteiger partial charge on any atom is -0.0955 e. The van der Waals surface area contributed by atoms with E-state index in [0.29, 0.717) is 0 Å². The van der Waals surface area contributed by atoms with Gasteiger partial charge in [0.05, 0.1) is 0 Å². The third kappa shape index (κ3) is 0.610. The Hall–Kier alpha value is -0.520. The van der Waals surface area contributed by atoms with E-state index in [0.717, 1.165) is 23.7 Å². The van der Waals surface area contributed by atoms with Crippen molar-refractivity contribution in [2.75, 3.05) is 0 Å². The maximum absolute atomic E-state index is 4.13. The van der Waals surface area contributed by atoms with Gasteiger partial charge in [0.25, 0.3) is 0 Å². The minimum atomic E-state index is 0.869. The molecule has 3 aliphatic carbocycles. The third-order valence-corrected chi connectivity index (χ3v) is 3.94. The summed E-state index contributed by atoms with van der Waals surface area (Å²) in [5.41, 5.74) is 1.42. The smallest absolute Gasteiger partial charge is 0.00738 e. The van der Waals surface area contributed by atoms with Crippen LogP contribution in [0.2, 0.25) is 0 Å². The number of allylic oxidation sites excluding steroid dienone is 3. The first-order valence-corrected chi connectivity index (χ1v) is 4.73. The predicted molar refractivity (Wildman–Crippen MR) is 46.1 cm³/mol. The van der Waals surface area contributed by atoms with Crippen molar-refractivity contribution in [3.05, 3.63) is 24.3 Å². The highest BCUT2D eigenvalue weighted by atomic mass is 14.5. The Balaban J connectivity index is 2.02. The maximum Gasteiger partial charge on any atom is -0.00738 e. The Kier molecular flexibility index (Phi) is 0.988. The van der Waals surface area contributed by atoms with Gasteiger partial charge in [0, 0.05) is 0 Å². The van der Waals surface area contributed by atoms with Gasteiger partial charge in [0.1, 0.15) is 0 Å². The van der Waals surface area contributed by atoms with E-state index >= 15 is 0 Å². The van der Waals surface area contributed by atoms with Gasteiger partial charge in [-0.05, 0) is 42.9 Å². The molecule has 2 fully saturated rings. The van der Waals surface area contributed by atoms with E-state index in [-0.39, 0.29) is 0 Å². The zero-order chi connectivity index (χ0) is 7.42. The molecule has 0 aromatic carbocycles. The summed E-state index contributed by atoms with van der Waals surface area (Å²) in [6.45, 7) is 4.13. The van der Waals surface area contributed by atoms with Crippen molar-refractivity contribution in [1.29, 1.82) is 0 Å². The molecule has 0 nitrogen and oxygen atoms in total. The lowest BCUT2D eigenvalue weighted by molar-refractivity contribution is 0.321. The molecule has 0 N–H and O–H groups in total. The molecule has 0 aliphatic heterocycles. The van der Waals surface area contributed by atoms with Crippen molar-refractivity contribution in [1.82, 2.24) is 0 Å². The zero-order valence-electron chi connectivity index (χ0n) is 6.79. The molecule has 2 bridgehead atoms. The molecular formula is C11H14. The summed E-state index contributed by atoms with van der Waals surface area (Å²) in [5.74, 6) is 3.81. The monoisotopic (exact) mass is 146 g/mol. The quantitative estimate of drug-likeness (QED) is 0.493. The van der Waals surface area contributed by atoms with Crippen LogP contribution in [0.5, 0.6) is 0 Å². The van der Waals surface area contributed by atoms with Crippen LogP contribution in [-0.2, 0) is 0 Å². The van der Waals surface area contributed by atoms with Crippen LogP contribution in [0.3, 0.4) is 0 Å². The summed E-state index contributed by atoms with van der Waals surface area (Å²) in [5, 5.41) is 0. The second kappa shape index (κ2) is 1.80. The molecule has 11 heavy (non-hydrogen) atoms. The number of hydrogen-bond donors (Lipinski definition) is 0. The summed E-state index contributed by atoms with van der Waals surface area (Å²) in [6, 6.07) is 0. The molecule has 0 saturated heterocycles. The SMILES string of the molecule is C=C1C=CC2C3CCC(C3)C12. The summed E-state index contributed by atoms with van der Waals surface area (Å²) < 4.78 is 0. The van der Waals surface area contributed by atoms with Crippen molar-refractivity contribution >= 4 is 0 Å². The number of hydrogen-bond acceptors (Lipinski definition) is 0. The van der Waals surface area contributed by atoms with Gasteiger partial charge in [-0.15, -0.1) is 0 Å². The average Bonchev–Trinajstić information content (AvgIpc) is 2.60. The molecule has 0 heterocycles. The van der Waals surface area contributed by atoms with E-state index in [2.05, 4.69) is 18.7 Å². The van der Waals surface area contributed by atoms with Gasteiger partial charge < -0.3 is 0 Å². The van der Waals surface area contributed by atoms with Crippen LogP contribution < -0.4 is 0 Å². The van der Waals surface area contributed by atoms with Crippen molar-refractivity contribution in [2.45, 2.75) is 19.3 Å². The lowest BCUT2D eigenvalue weighted by Gasteiger charge is -2.24. The summed E-state index contributed by atoms with van der Waals surface area (Å²) in [7, 11) is 0. The molecule has 0 heteroatoms. The molecular weight excluding hydrogens is 132 g/mol. The molecule has 0 aromatic rings. The molecule has 58 valence electrons. The van der Waals surface area contributed by atoms with Gasteiger partial charge in [-0.25, -0.2) is 0 Å². The average molecular weight is 146 g/mol. The third-order valence-electron chi connectivity index (χ3n) is 3.94. The van der Waals surface area contributed by atoms with Gasteiger partial charge in [-0.2, -0.15) is 0 Å². The maximum atomic E-state index is 4.13. The van der Waals surface area contributed by atoms with E-state index in [4.69, 9.17) is 0 Å². The second-order valence-electron chi connectivity index (χ2n) is 4.37. The van der Waals surface area contributed by atoms with Gasteiger partial charge >= 0.3 is 0 Å². The van der Waals surface area contributed by atoms with E-state index < -0.39 is 0 Å². The zero-order valence-corrected chi connectivity index (χ0v) is 6.79. The Morgan fingerprint density at radius 3 is 2.91 bits per heavy atom. The van der Waals surface area contributed by atoms with E-state index in [9.17, 15) is 0 Å². The van der Waals surface area contributed by atoms with Crippen molar-refractivity contribution in [2.24, 2.45) is 23.7 Å². The predicted octanol–water partition coefficient (Wildman–Crippen LogP) is 2.77. The second-order valence-corrected chi connectivity index (χ2v) is 4.37. The van der Waals surface area contributed by atoms with Gasteiger partial charge in [0.15, 0.2) is 0 Å². The highest BCUT2D eigenvalue weighted by molar-refractivity contribution is 5.32. The highest BCUT2D eigenvalue weighted by Crippen LogP contribution is 2.57. The molecule has 3 rings (SSSR count). The van der Waals surface area contributed by atoms with Crippen LogP contribution in [0.25, 0.3) is 0 Å². The molecule has 2 saturated carbocycles. The van der Waals surface area contributed by atoms with Crippen LogP contribution in [0, 0.1) is 23.7 Å². The molecule has 0 aromatic heterocycles. The Morgan fingerprint density at radius 2 is 2.09 bits per heavy atom. The van der Waals surface area contributed by atoms with Gasteiger partial charge in [-0.3, -0.25) is 0 Å². The van der Waals surface area contributed by atoms with Crippen molar-refractivity contribution < 1.29 is 0 Å². The number of fused-ring (bicyclic) bond motifs is 5. The van der Waals surface area contributed by atoms with Crippen LogP contribution in [0.4, 0.5) is 0 Å². The summed E-state index contributed by atoms with van der Waals surface area (Å²) in [6.07, 6.45) is 9.14. The fraction of sp³-hybridized carbons (Fsp3) is 0.636. The molecule has 0 amide bonds. The normalized spacial score (nSPS) is 52.2. The van der Waals surface area contributed by atoms with Crippen LogP contribution in [0.15, 0.2) is 24.3 Å². The molecule has 4 atom stereocenters. The lowest BCUT2D eigenvalue weighted by Crippen LogP contribution is -2.17. The van der Waals surface area contributed by atoms with E-state index in [1.54, 1.807) is 0 Å². The first-order valence-electron chi connectivity index (χ1n) is 4.73. The fourth-order valence-electron chi connectivity index (χ4n) is 3.51. The lowest BCUT2D eigenvalue weighted by atomic mass is 9.80. The summed E-state index contributed by atoms with van der Waals surface area (Å²) >= 11 is 0. The first kappa shape index (κ1) is 6.05.